The smallest absolute Gasteiger partial charge is 0.310 e. The Bertz CT molecular complexity index is 860. The Morgan fingerprint density at radius 1 is 1.16 bits per heavy atom. The molecule has 1 spiro atoms. The first kappa shape index (κ1) is 20.0. The Labute approximate surface area is 186 Å². The van der Waals surface area contributed by atoms with Crippen molar-refractivity contribution in [2.45, 2.75) is 57.7 Å². The average molecular weight is 425 g/mol. The number of piperazine rings is 1. The van der Waals surface area contributed by atoms with Crippen molar-refractivity contribution in [2.75, 3.05) is 44.2 Å². The molecule has 2 saturated carbocycles. The van der Waals surface area contributed by atoms with Gasteiger partial charge in [-0.15, -0.1) is 0 Å². The van der Waals surface area contributed by atoms with Gasteiger partial charge in [-0.05, 0) is 68.1 Å². The van der Waals surface area contributed by atoms with Crippen LogP contribution in [0.25, 0.3) is 0 Å². The molecule has 1 aromatic rings. The van der Waals surface area contributed by atoms with Gasteiger partial charge in [0.1, 0.15) is 6.10 Å². The topological polar surface area (TPSA) is 45.3 Å². The van der Waals surface area contributed by atoms with Gasteiger partial charge in [0.05, 0.1) is 18.1 Å². The molecule has 6 rings (SSSR count). The van der Waals surface area contributed by atoms with Gasteiger partial charge >= 0.3 is 5.97 Å². The molecular formula is C26H36N2O3. The zero-order valence-electron chi connectivity index (χ0n) is 19.0. The van der Waals surface area contributed by atoms with Crippen molar-refractivity contribution in [2.24, 2.45) is 23.2 Å². The summed E-state index contributed by atoms with van der Waals surface area (Å²) >= 11 is 0. The molecule has 5 nitrogen and oxygen atoms in total. The molecule has 5 aliphatic rings. The van der Waals surface area contributed by atoms with Crippen LogP contribution in [0.15, 0.2) is 24.3 Å². The SMILES string of the molecule is Cc1cccc(N2CCN(C[C@H]3C(=O)O[C@@H]4C[C@@]5(C)CCC[C@]6(CO6)[C@H]5C[C@@H]43)CC2)c1. The maximum absolute atomic E-state index is 12.9. The maximum Gasteiger partial charge on any atom is 0.310 e. The highest BCUT2D eigenvalue weighted by molar-refractivity contribution is 5.75. The summed E-state index contributed by atoms with van der Waals surface area (Å²) in [5.41, 5.74) is 3.04. The highest BCUT2D eigenvalue weighted by Gasteiger charge is 2.65. The molecule has 3 saturated heterocycles. The molecule has 0 bridgehead atoms. The van der Waals surface area contributed by atoms with Crippen LogP contribution < -0.4 is 4.90 Å². The first-order valence-corrected chi connectivity index (χ1v) is 12.3. The summed E-state index contributed by atoms with van der Waals surface area (Å²) in [4.78, 5) is 17.9. The summed E-state index contributed by atoms with van der Waals surface area (Å²) in [6.07, 6.45) is 6.01. The zero-order chi connectivity index (χ0) is 21.2. The van der Waals surface area contributed by atoms with E-state index in [0.717, 1.165) is 52.2 Å². The maximum atomic E-state index is 12.9. The van der Waals surface area contributed by atoms with E-state index in [-0.39, 0.29) is 29.0 Å². The van der Waals surface area contributed by atoms with Crippen molar-refractivity contribution in [3.8, 4) is 0 Å². The highest BCUT2D eigenvalue weighted by Crippen LogP contribution is 2.62. The zero-order valence-corrected chi connectivity index (χ0v) is 19.0. The summed E-state index contributed by atoms with van der Waals surface area (Å²) in [7, 11) is 0. The van der Waals surface area contributed by atoms with Crippen molar-refractivity contribution in [1.29, 1.82) is 0 Å². The third-order valence-electron chi connectivity index (χ3n) is 9.27. The number of aryl methyl sites for hydroxylation is 1. The number of nitrogens with zero attached hydrogens (tertiary/aromatic N) is 2. The minimum Gasteiger partial charge on any atom is -0.462 e. The number of rotatable bonds is 3. The summed E-state index contributed by atoms with van der Waals surface area (Å²) in [6, 6.07) is 8.78. The van der Waals surface area contributed by atoms with E-state index in [1.807, 2.05) is 0 Å². The first-order valence-electron chi connectivity index (χ1n) is 12.3. The predicted octanol–water partition coefficient (Wildman–Crippen LogP) is 3.64. The van der Waals surface area contributed by atoms with Crippen LogP contribution in [-0.2, 0) is 14.3 Å². The molecule has 3 heterocycles. The molecule has 0 radical (unpaired) electrons. The number of hydrogen-bond acceptors (Lipinski definition) is 5. The molecule has 5 heteroatoms. The van der Waals surface area contributed by atoms with Crippen LogP contribution in [0.3, 0.4) is 0 Å². The lowest BCUT2D eigenvalue weighted by atomic mass is 9.53. The second-order valence-electron chi connectivity index (χ2n) is 11.2. The van der Waals surface area contributed by atoms with Gasteiger partial charge in [-0.2, -0.15) is 0 Å². The van der Waals surface area contributed by atoms with Gasteiger partial charge in [0, 0.05) is 44.3 Å². The fraction of sp³-hybridized carbons (Fsp3) is 0.731. The highest BCUT2D eigenvalue weighted by atomic mass is 16.6. The van der Waals surface area contributed by atoms with Crippen LogP contribution >= 0.6 is 0 Å². The summed E-state index contributed by atoms with van der Waals surface area (Å²) in [5.74, 6) is 1.08. The number of carbonyl (C=O) groups excluding carboxylic acids is 1. The molecule has 31 heavy (non-hydrogen) atoms. The molecule has 6 atom stereocenters. The van der Waals surface area contributed by atoms with Crippen molar-refractivity contribution in [3.05, 3.63) is 29.8 Å². The quantitative estimate of drug-likeness (QED) is 0.548. The standard InChI is InChI=1S/C26H36N2O3/c1-18-5-3-6-19(13-18)28-11-9-27(10-12-28)16-21-20-14-23-25(2,15-22(20)31-24(21)29)7-4-8-26(23)17-30-26/h3,5-6,13,20-23H,4,7-12,14-17H2,1-2H3/t20-,21-,22-,23+,25-,26+/m1/s1. The fourth-order valence-corrected chi connectivity index (χ4v) is 7.46. The molecular weight excluding hydrogens is 388 g/mol. The monoisotopic (exact) mass is 424 g/mol. The predicted molar refractivity (Wildman–Crippen MR) is 120 cm³/mol. The van der Waals surface area contributed by atoms with Gasteiger partial charge in [-0.25, -0.2) is 0 Å². The minimum absolute atomic E-state index is 0.0396. The third kappa shape index (κ3) is 3.39. The van der Waals surface area contributed by atoms with Crippen LogP contribution in [0.4, 0.5) is 5.69 Å². The van der Waals surface area contributed by atoms with Gasteiger partial charge < -0.3 is 14.4 Å². The summed E-state index contributed by atoms with van der Waals surface area (Å²) in [6.45, 7) is 10.5. The normalized spacial score (nSPS) is 42.3. The molecule has 0 N–H and O–H groups in total. The Morgan fingerprint density at radius 2 is 1.97 bits per heavy atom. The molecule has 0 unspecified atom stereocenters. The number of esters is 1. The van der Waals surface area contributed by atoms with Crippen LogP contribution in [0.1, 0.15) is 44.6 Å². The molecule has 168 valence electrons. The minimum atomic E-state index is 0.0396. The van der Waals surface area contributed by atoms with Crippen molar-refractivity contribution >= 4 is 11.7 Å². The number of hydrogen-bond donors (Lipinski definition) is 0. The van der Waals surface area contributed by atoms with Crippen LogP contribution in [0.5, 0.6) is 0 Å². The second-order valence-corrected chi connectivity index (χ2v) is 11.2. The third-order valence-corrected chi connectivity index (χ3v) is 9.27. The lowest BCUT2D eigenvalue weighted by molar-refractivity contribution is -0.147. The van der Waals surface area contributed by atoms with Crippen molar-refractivity contribution in [1.82, 2.24) is 4.90 Å². The van der Waals surface area contributed by atoms with E-state index >= 15 is 0 Å². The van der Waals surface area contributed by atoms with E-state index in [0.29, 0.717) is 11.8 Å². The number of fused-ring (bicyclic) bond motifs is 3. The number of benzene rings is 1. The van der Waals surface area contributed by atoms with Crippen LogP contribution in [0.2, 0.25) is 0 Å². The van der Waals surface area contributed by atoms with E-state index in [2.05, 4.69) is 47.9 Å². The Kier molecular flexibility index (Phi) is 4.66. The van der Waals surface area contributed by atoms with E-state index < -0.39 is 0 Å². The lowest BCUT2D eigenvalue weighted by Gasteiger charge is -2.51. The van der Waals surface area contributed by atoms with E-state index in [1.54, 1.807) is 0 Å². The first-order chi connectivity index (χ1) is 15.0. The largest absolute Gasteiger partial charge is 0.462 e. The van der Waals surface area contributed by atoms with Crippen molar-refractivity contribution in [3.63, 3.8) is 0 Å². The van der Waals surface area contributed by atoms with E-state index in [4.69, 9.17) is 9.47 Å². The molecule has 3 aliphatic heterocycles. The van der Waals surface area contributed by atoms with Gasteiger partial charge in [0.2, 0.25) is 0 Å². The summed E-state index contributed by atoms with van der Waals surface area (Å²) in [5, 5.41) is 0. The van der Waals surface area contributed by atoms with Crippen LogP contribution in [-0.4, -0.2) is 61.9 Å². The van der Waals surface area contributed by atoms with Crippen LogP contribution in [0, 0.1) is 30.1 Å². The number of carbonyl (C=O) groups is 1. The second kappa shape index (κ2) is 7.21. The summed E-state index contributed by atoms with van der Waals surface area (Å²) < 4.78 is 12.1. The van der Waals surface area contributed by atoms with Gasteiger partial charge in [-0.3, -0.25) is 9.69 Å². The van der Waals surface area contributed by atoms with Crippen molar-refractivity contribution < 1.29 is 14.3 Å². The Hall–Kier alpha value is -1.59. The molecule has 1 aromatic carbocycles. The van der Waals surface area contributed by atoms with Gasteiger partial charge in [0.15, 0.2) is 0 Å². The van der Waals surface area contributed by atoms with E-state index in [9.17, 15) is 4.79 Å². The molecule has 0 amide bonds. The number of anilines is 1. The molecule has 0 aromatic heterocycles. The fourth-order valence-electron chi connectivity index (χ4n) is 7.46. The van der Waals surface area contributed by atoms with Gasteiger partial charge in [0.25, 0.3) is 0 Å². The Morgan fingerprint density at radius 3 is 2.71 bits per heavy atom. The number of epoxide rings is 1. The Balaban J connectivity index is 1.12. The molecule has 5 fully saturated rings. The number of ether oxygens (including phenoxy) is 2. The van der Waals surface area contributed by atoms with E-state index in [1.165, 1.54) is 30.5 Å². The molecule has 2 aliphatic carbocycles. The van der Waals surface area contributed by atoms with Gasteiger partial charge in [-0.1, -0.05) is 19.1 Å². The lowest BCUT2D eigenvalue weighted by Crippen LogP contribution is -2.52. The average Bonchev–Trinajstić information content (AvgIpc) is 3.45.